The number of primary amides is 1. The summed E-state index contributed by atoms with van der Waals surface area (Å²) >= 11 is 0. The van der Waals surface area contributed by atoms with Gasteiger partial charge in [0.15, 0.2) is 0 Å². The smallest absolute Gasteiger partial charge is 0.337 e. The molecule has 0 spiro atoms. The van der Waals surface area contributed by atoms with Crippen molar-refractivity contribution in [1.82, 2.24) is 4.98 Å². The van der Waals surface area contributed by atoms with Crippen LogP contribution in [0.5, 0.6) is 0 Å². The van der Waals surface area contributed by atoms with Crippen LogP contribution in [-0.4, -0.2) is 28.5 Å². The van der Waals surface area contributed by atoms with Crippen LogP contribution in [0.25, 0.3) is 0 Å². The van der Waals surface area contributed by atoms with Crippen LogP contribution in [-0.2, 0) is 4.79 Å². The third kappa shape index (κ3) is 4.28. The first kappa shape index (κ1) is 13.8. The standard InChI is InChI=1S/C11H16N4O3/c12-8-5-7(11(17)18)6-15-10(8)14-4-2-1-3-9(13)16/h5-6H,1-4,12H2,(H2,13,16)(H,14,15)(H,17,18). The molecule has 0 aliphatic rings. The summed E-state index contributed by atoms with van der Waals surface area (Å²) in [6.45, 7) is 0.594. The van der Waals surface area contributed by atoms with Crippen LogP contribution < -0.4 is 16.8 Å². The molecule has 0 unspecified atom stereocenters. The fourth-order valence-electron chi connectivity index (χ4n) is 1.38. The number of pyridine rings is 1. The van der Waals surface area contributed by atoms with Gasteiger partial charge in [0, 0.05) is 19.2 Å². The molecule has 1 aromatic rings. The molecule has 0 bridgehead atoms. The Morgan fingerprint density at radius 1 is 1.39 bits per heavy atom. The number of nitrogen functional groups attached to an aromatic ring is 1. The van der Waals surface area contributed by atoms with E-state index >= 15 is 0 Å². The predicted molar refractivity (Wildman–Crippen MR) is 67.1 cm³/mol. The number of anilines is 2. The Morgan fingerprint density at radius 3 is 2.67 bits per heavy atom. The summed E-state index contributed by atoms with van der Waals surface area (Å²) in [5.41, 5.74) is 11.0. The van der Waals surface area contributed by atoms with Crippen molar-refractivity contribution in [2.45, 2.75) is 19.3 Å². The minimum Gasteiger partial charge on any atom is -0.478 e. The van der Waals surface area contributed by atoms with E-state index in [-0.39, 0.29) is 17.2 Å². The van der Waals surface area contributed by atoms with E-state index < -0.39 is 5.97 Å². The maximum atomic E-state index is 10.7. The maximum absolute atomic E-state index is 10.7. The Kier molecular flexibility index (Phi) is 4.91. The molecule has 1 heterocycles. The number of nitrogens with one attached hydrogen (secondary N) is 1. The van der Waals surface area contributed by atoms with Crippen LogP contribution in [0.4, 0.5) is 11.5 Å². The Hall–Kier alpha value is -2.31. The quantitative estimate of drug-likeness (QED) is 0.520. The van der Waals surface area contributed by atoms with Crippen molar-refractivity contribution < 1.29 is 14.7 Å². The van der Waals surface area contributed by atoms with E-state index in [4.69, 9.17) is 16.6 Å². The van der Waals surface area contributed by atoms with Crippen LogP contribution >= 0.6 is 0 Å². The van der Waals surface area contributed by atoms with Crippen molar-refractivity contribution in [3.8, 4) is 0 Å². The molecule has 1 aromatic heterocycles. The zero-order valence-electron chi connectivity index (χ0n) is 9.85. The number of carbonyl (C=O) groups excluding carboxylic acids is 1. The molecule has 0 radical (unpaired) electrons. The van der Waals surface area contributed by atoms with Crippen molar-refractivity contribution >= 4 is 23.4 Å². The number of rotatable bonds is 7. The molecule has 18 heavy (non-hydrogen) atoms. The lowest BCUT2D eigenvalue weighted by Crippen LogP contribution is -2.12. The van der Waals surface area contributed by atoms with Gasteiger partial charge in [0.25, 0.3) is 0 Å². The summed E-state index contributed by atoms with van der Waals surface area (Å²) < 4.78 is 0. The first-order valence-corrected chi connectivity index (χ1v) is 5.51. The number of aromatic nitrogens is 1. The zero-order chi connectivity index (χ0) is 13.5. The summed E-state index contributed by atoms with van der Waals surface area (Å²) in [5.74, 6) is -0.945. The average molecular weight is 252 g/mol. The lowest BCUT2D eigenvalue weighted by Gasteiger charge is -2.08. The Labute approximate surface area is 104 Å². The van der Waals surface area contributed by atoms with Gasteiger partial charge < -0.3 is 21.9 Å². The van der Waals surface area contributed by atoms with E-state index in [1.54, 1.807) is 0 Å². The van der Waals surface area contributed by atoms with Gasteiger partial charge in [0.2, 0.25) is 5.91 Å². The molecule has 0 aliphatic carbocycles. The van der Waals surface area contributed by atoms with Crippen LogP contribution in [0, 0.1) is 0 Å². The lowest BCUT2D eigenvalue weighted by molar-refractivity contribution is -0.118. The number of carboxylic acids is 1. The average Bonchev–Trinajstić information content (AvgIpc) is 2.29. The van der Waals surface area contributed by atoms with Gasteiger partial charge in [-0.1, -0.05) is 0 Å². The van der Waals surface area contributed by atoms with Crippen LogP contribution in [0.3, 0.4) is 0 Å². The number of nitrogens with zero attached hydrogens (tertiary/aromatic N) is 1. The fourth-order valence-corrected chi connectivity index (χ4v) is 1.38. The SMILES string of the molecule is NC(=O)CCCCNc1ncc(C(=O)O)cc1N. The van der Waals surface area contributed by atoms with Gasteiger partial charge in [-0.25, -0.2) is 9.78 Å². The second-order valence-corrected chi connectivity index (χ2v) is 3.82. The molecular weight excluding hydrogens is 236 g/mol. The van der Waals surface area contributed by atoms with Gasteiger partial charge in [-0.15, -0.1) is 0 Å². The molecule has 0 aliphatic heterocycles. The number of hydrogen-bond acceptors (Lipinski definition) is 5. The normalized spacial score (nSPS) is 10.0. The highest BCUT2D eigenvalue weighted by atomic mass is 16.4. The summed E-state index contributed by atoms with van der Waals surface area (Å²) in [5, 5.41) is 11.7. The molecular formula is C11H16N4O3. The molecule has 98 valence electrons. The van der Waals surface area contributed by atoms with Gasteiger partial charge in [-0.2, -0.15) is 0 Å². The van der Waals surface area contributed by atoms with Gasteiger partial charge in [-0.05, 0) is 18.9 Å². The lowest BCUT2D eigenvalue weighted by atomic mass is 10.2. The van der Waals surface area contributed by atoms with E-state index in [2.05, 4.69) is 10.3 Å². The number of nitrogens with two attached hydrogens (primary N) is 2. The first-order chi connectivity index (χ1) is 8.50. The van der Waals surface area contributed by atoms with Gasteiger partial charge in [0.1, 0.15) is 5.82 Å². The van der Waals surface area contributed by atoms with Crippen molar-refractivity contribution in [1.29, 1.82) is 0 Å². The Morgan fingerprint density at radius 2 is 2.11 bits per heavy atom. The highest BCUT2D eigenvalue weighted by Gasteiger charge is 2.07. The number of unbranched alkanes of at least 4 members (excludes halogenated alkanes) is 1. The Balaban J connectivity index is 2.43. The molecule has 1 rings (SSSR count). The van der Waals surface area contributed by atoms with Gasteiger partial charge in [-0.3, -0.25) is 4.79 Å². The third-order valence-electron chi connectivity index (χ3n) is 2.31. The number of carbonyl (C=O) groups is 2. The van der Waals surface area contributed by atoms with Crippen molar-refractivity contribution in [2.24, 2.45) is 5.73 Å². The highest BCUT2D eigenvalue weighted by molar-refractivity contribution is 5.89. The van der Waals surface area contributed by atoms with E-state index in [0.717, 1.165) is 6.42 Å². The molecule has 0 fully saturated rings. The third-order valence-corrected chi connectivity index (χ3v) is 2.31. The van der Waals surface area contributed by atoms with Gasteiger partial charge >= 0.3 is 5.97 Å². The summed E-state index contributed by atoms with van der Waals surface area (Å²) in [7, 11) is 0. The largest absolute Gasteiger partial charge is 0.478 e. The maximum Gasteiger partial charge on any atom is 0.337 e. The number of hydrogen-bond donors (Lipinski definition) is 4. The second-order valence-electron chi connectivity index (χ2n) is 3.82. The fraction of sp³-hybridized carbons (Fsp3) is 0.364. The second kappa shape index (κ2) is 6.43. The summed E-state index contributed by atoms with van der Waals surface area (Å²) in [4.78, 5) is 25.1. The van der Waals surface area contributed by atoms with E-state index in [1.807, 2.05) is 0 Å². The monoisotopic (exact) mass is 252 g/mol. The number of amides is 1. The molecule has 1 amide bonds. The minimum absolute atomic E-state index is 0.0479. The minimum atomic E-state index is -1.07. The predicted octanol–water partition coefficient (Wildman–Crippen LogP) is 0.429. The van der Waals surface area contributed by atoms with Crippen molar-refractivity contribution in [2.75, 3.05) is 17.6 Å². The van der Waals surface area contributed by atoms with Crippen LogP contribution in [0.15, 0.2) is 12.3 Å². The van der Waals surface area contributed by atoms with E-state index in [0.29, 0.717) is 25.2 Å². The summed E-state index contributed by atoms with van der Waals surface area (Å²) in [6, 6.07) is 1.35. The zero-order valence-corrected chi connectivity index (χ0v) is 9.85. The van der Waals surface area contributed by atoms with Crippen LogP contribution in [0.2, 0.25) is 0 Å². The molecule has 0 atom stereocenters. The highest BCUT2D eigenvalue weighted by Crippen LogP contribution is 2.16. The molecule has 7 nitrogen and oxygen atoms in total. The molecule has 7 heteroatoms. The van der Waals surface area contributed by atoms with E-state index in [9.17, 15) is 9.59 Å². The Bertz CT molecular complexity index is 448. The molecule has 0 saturated carbocycles. The van der Waals surface area contributed by atoms with Crippen molar-refractivity contribution in [3.63, 3.8) is 0 Å². The van der Waals surface area contributed by atoms with Crippen molar-refractivity contribution in [3.05, 3.63) is 17.8 Å². The van der Waals surface area contributed by atoms with E-state index in [1.165, 1.54) is 12.3 Å². The van der Waals surface area contributed by atoms with Gasteiger partial charge in [0.05, 0.1) is 11.3 Å². The molecule has 6 N–H and O–H groups in total. The topological polar surface area (TPSA) is 131 Å². The molecule has 0 saturated heterocycles. The first-order valence-electron chi connectivity index (χ1n) is 5.51. The number of aromatic carboxylic acids is 1. The number of carboxylic acid groups (broad SMARTS) is 1. The van der Waals surface area contributed by atoms with Crippen LogP contribution in [0.1, 0.15) is 29.6 Å². The summed E-state index contributed by atoms with van der Waals surface area (Å²) in [6.07, 6.45) is 3.03. The molecule has 0 aromatic carbocycles.